The zero-order chi connectivity index (χ0) is 18.6. The van der Waals surface area contributed by atoms with Crippen molar-refractivity contribution in [2.75, 3.05) is 39.3 Å². The first-order valence-electron chi connectivity index (χ1n) is 9.49. The van der Waals surface area contributed by atoms with E-state index in [4.69, 9.17) is 4.99 Å². The van der Waals surface area contributed by atoms with Gasteiger partial charge in [-0.05, 0) is 35.7 Å². The Kier molecular flexibility index (Phi) is 5.23. The van der Waals surface area contributed by atoms with Gasteiger partial charge in [0.1, 0.15) is 11.6 Å². The summed E-state index contributed by atoms with van der Waals surface area (Å²) in [5, 5.41) is 18.8. The van der Waals surface area contributed by atoms with Gasteiger partial charge in [-0.1, -0.05) is 36.4 Å². The zero-order valence-electron chi connectivity index (χ0n) is 15.4. The molecule has 1 fully saturated rings. The number of fused-ring (bicyclic) bond motifs is 1. The average molecular weight is 363 g/mol. The Morgan fingerprint density at radius 1 is 0.926 bits per heavy atom. The van der Waals surface area contributed by atoms with Crippen LogP contribution in [0.25, 0.3) is 5.57 Å². The number of hydrogen-bond donors (Lipinski definition) is 2. The number of aliphatic hydroxyl groups is 1. The molecule has 0 aliphatic carbocycles. The predicted molar refractivity (Wildman–Crippen MR) is 108 cm³/mol. The van der Waals surface area contributed by atoms with Gasteiger partial charge in [-0.3, -0.25) is 4.90 Å². The second-order valence-corrected chi connectivity index (χ2v) is 6.99. The molecule has 2 aliphatic heterocycles. The van der Waals surface area contributed by atoms with Crippen LogP contribution in [0.5, 0.6) is 5.75 Å². The van der Waals surface area contributed by atoms with Gasteiger partial charge >= 0.3 is 0 Å². The van der Waals surface area contributed by atoms with Crippen LogP contribution in [-0.2, 0) is 6.42 Å². The molecule has 140 valence electrons. The van der Waals surface area contributed by atoms with Gasteiger partial charge in [0, 0.05) is 38.3 Å². The largest absolute Gasteiger partial charge is 0.508 e. The van der Waals surface area contributed by atoms with Gasteiger partial charge in [-0.2, -0.15) is 0 Å². The summed E-state index contributed by atoms with van der Waals surface area (Å²) in [6, 6.07) is 15.7. The molecule has 0 saturated carbocycles. The van der Waals surface area contributed by atoms with Gasteiger partial charge in [-0.25, -0.2) is 4.99 Å². The number of benzene rings is 2. The van der Waals surface area contributed by atoms with Crippen molar-refractivity contribution in [3.05, 3.63) is 65.7 Å². The summed E-state index contributed by atoms with van der Waals surface area (Å²) >= 11 is 0. The smallest absolute Gasteiger partial charge is 0.136 e. The number of rotatable bonds is 3. The van der Waals surface area contributed by atoms with Gasteiger partial charge in [0.25, 0.3) is 0 Å². The van der Waals surface area contributed by atoms with Gasteiger partial charge in [0.2, 0.25) is 0 Å². The van der Waals surface area contributed by atoms with E-state index in [9.17, 15) is 10.2 Å². The number of para-hydroxylation sites is 1. The van der Waals surface area contributed by atoms with Crippen LogP contribution in [0.3, 0.4) is 0 Å². The molecule has 0 spiro atoms. The van der Waals surface area contributed by atoms with Crippen molar-refractivity contribution in [2.24, 2.45) is 4.99 Å². The number of piperazine rings is 1. The van der Waals surface area contributed by atoms with E-state index in [1.54, 1.807) is 12.1 Å². The summed E-state index contributed by atoms with van der Waals surface area (Å²) in [5.74, 6) is 1.27. The van der Waals surface area contributed by atoms with Crippen LogP contribution in [-0.4, -0.2) is 65.2 Å². The lowest BCUT2D eigenvalue weighted by Gasteiger charge is -2.36. The molecule has 4 rings (SSSR count). The van der Waals surface area contributed by atoms with Crippen LogP contribution in [0.1, 0.15) is 11.1 Å². The number of hydrogen-bond acceptors (Lipinski definition) is 5. The standard InChI is InChI=1S/C22H25N3O2/c26-16-15-24-11-13-25(14-12-24)22-20(17-5-8-19(27)9-6-17)10-7-18-3-1-2-4-21(18)23-22/h1-6,8-10,26-27H,7,11-16H2. The van der Waals surface area contributed by atoms with E-state index < -0.39 is 0 Å². The number of β-amino-alcohol motifs (C(OH)–C–C–N with tert-alkyl or cyclic N) is 1. The highest BCUT2D eigenvalue weighted by molar-refractivity contribution is 6.23. The molecule has 2 heterocycles. The lowest BCUT2D eigenvalue weighted by molar-refractivity contribution is 0.148. The molecule has 5 heteroatoms. The Bertz CT molecular complexity index is 850. The van der Waals surface area contributed by atoms with Gasteiger partial charge < -0.3 is 15.1 Å². The van der Waals surface area contributed by atoms with Crippen molar-refractivity contribution >= 4 is 17.1 Å². The van der Waals surface area contributed by atoms with Crippen molar-refractivity contribution in [1.29, 1.82) is 0 Å². The maximum atomic E-state index is 9.66. The minimum Gasteiger partial charge on any atom is -0.508 e. The van der Waals surface area contributed by atoms with Crippen LogP contribution in [0.4, 0.5) is 5.69 Å². The first kappa shape index (κ1) is 17.8. The Morgan fingerprint density at radius 3 is 2.41 bits per heavy atom. The van der Waals surface area contributed by atoms with Crippen molar-refractivity contribution < 1.29 is 10.2 Å². The fourth-order valence-corrected chi connectivity index (χ4v) is 3.72. The molecule has 5 nitrogen and oxygen atoms in total. The van der Waals surface area contributed by atoms with E-state index in [2.05, 4.69) is 34.1 Å². The molecule has 0 unspecified atom stereocenters. The number of aliphatic hydroxyl groups excluding tert-OH is 1. The molecule has 0 bridgehead atoms. The van der Waals surface area contributed by atoms with E-state index in [1.807, 2.05) is 18.2 Å². The third kappa shape index (κ3) is 3.89. The van der Waals surface area contributed by atoms with Gasteiger partial charge in [0.15, 0.2) is 0 Å². The number of amidine groups is 1. The highest BCUT2D eigenvalue weighted by atomic mass is 16.3. The Labute approximate surface area is 159 Å². The molecule has 1 saturated heterocycles. The Hall–Kier alpha value is -2.63. The number of aliphatic imine (C=N–C) groups is 1. The lowest BCUT2D eigenvalue weighted by Crippen LogP contribution is -2.49. The average Bonchev–Trinajstić information content (AvgIpc) is 2.89. The summed E-state index contributed by atoms with van der Waals surface area (Å²) in [6.45, 7) is 4.54. The number of aromatic hydroxyl groups is 1. The summed E-state index contributed by atoms with van der Waals surface area (Å²) in [4.78, 5) is 9.68. The molecule has 2 aliphatic rings. The maximum absolute atomic E-state index is 9.66. The Morgan fingerprint density at radius 2 is 1.67 bits per heavy atom. The van der Waals surface area contributed by atoms with E-state index in [1.165, 1.54) is 5.56 Å². The summed E-state index contributed by atoms with van der Waals surface area (Å²) in [5.41, 5.74) is 4.43. The van der Waals surface area contributed by atoms with E-state index in [0.717, 1.165) is 61.8 Å². The minimum absolute atomic E-state index is 0.201. The minimum atomic E-state index is 0.201. The summed E-state index contributed by atoms with van der Waals surface area (Å²) in [7, 11) is 0. The fourth-order valence-electron chi connectivity index (χ4n) is 3.72. The van der Waals surface area contributed by atoms with Crippen molar-refractivity contribution in [2.45, 2.75) is 6.42 Å². The topological polar surface area (TPSA) is 59.3 Å². The lowest BCUT2D eigenvalue weighted by atomic mass is 10.0. The first-order valence-corrected chi connectivity index (χ1v) is 9.49. The highest BCUT2D eigenvalue weighted by Crippen LogP contribution is 2.30. The third-order valence-electron chi connectivity index (χ3n) is 5.25. The molecule has 0 amide bonds. The van der Waals surface area contributed by atoms with Crippen molar-refractivity contribution in [1.82, 2.24) is 9.80 Å². The van der Waals surface area contributed by atoms with Gasteiger partial charge in [0.05, 0.1) is 12.3 Å². The third-order valence-corrected chi connectivity index (χ3v) is 5.25. The molecule has 0 radical (unpaired) electrons. The zero-order valence-corrected chi connectivity index (χ0v) is 15.4. The van der Waals surface area contributed by atoms with Crippen LogP contribution in [0, 0.1) is 0 Å². The van der Waals surface area contributed by atoms with Crippen LogP contribution in [0.15, 0.2) is 59.6 Å². The number of allylic oxidation sites excluding steroid dienone is 1. The van der Waals surface area contributed by atoms with Crippen molar-refractivity contribution in [3.63, 3.8) is 0 Å². The second-order valence-electron chi connectivity index (χ2n) is 6.99. The molecule has 0 atom stereocenters. The SMILES string of the molecule is OCCN1CCN(C2=Nc3ccccc3CC=C2c2ccc(O)cc2)CC1. The van der Waals surface area contributed by atoms with Crippen LogP contribution < -0.4 is 0 Å². The molecule has 2 aromatic carbocycles. The van der Waals surface area contributed by atoms with Crippen LogP contribution in [0.2, 0.25) is 0 Å². The highest BCUT2D eigenvalue weighted by Gasteiger charge is 2.24. The van der Waals surface area contributed by atoms with E-state index in [-0.39, 0.29) is 12.4 Å². The number of phenolic OH excluding ortho intramolecular Hbond substituents is 1. The molecule has 2 N–H and O–H groups in total. The van der Waals surface area contributed by atoms with Gasteiger partial charge in [-0.15, -0.1) is 0 Å². The van der Waals surface area contributed by atoms with E-state index >= 15 is 0 Å². The normalized spacial score (nSPS) is 17.7. The fraction of sp³-hybridized carbons (Fsp3) is 0.318. The maximum Gasteiger partial charge on any atom is 0.136 e. The van der Waals surface area contributed by atoms with E-state index in [0.29, 0.717) is 0 Å². The second kappa shape index (κ2) is 7.94. The Balaban J connectivity index is 1.69. The first-order chi connectivity index (χ1) is 13.2. The quantitative estimate of drug-likeness (QED) is 0.880. The molecular weight excluding hydrogens is 338 g/mol. The molecule has 27 heavy (non-hydrogen) atoms. The van der Waals surface area contributed by atoms with Crippen molar-refractivity contribution in [3.8, 4) is 5.75 Å². The van der Waals surface area contributed by atoms with Crippen LogP contribution >= 0.6 is 0 Å². The molecule has 2 aromatic rings. The number of phenols is 1. The molecule has 0 aromatic heterocycles. The summed E-state index contributed by atoms with van der Waals surface area (Å²) < 4.78 is 0. The molecular formula is C22H25N3O2. The summed E-state index contributed by atoms with van der Waals surface area (Å²) in [6.07, 6.45) is 3.08. The predicted octanol–water partition coefficient (Wildman–Crippen LogP) is 2.67. The monoisotopic (exact) mass is 363 g/mol. The number of nitrogens with zero attached hydrogens (tertiary/aromatic N) is 3.